The Kier molecular flexibility index (Phi) is 2.44. The lowest BCUT2D eigenvalue weighted by molar-refractivity contribution is 0.506. The maximum atomic E-state index is 6.09. The first-order valence-electron chi connectivity index (χ1n) is 4.40. The molecule has 2 unspecified atom stereocenters. The molecule has 1 aliphatic rings. The zero-order valence-electron chi connectivity index (χ0n) is 6.99. The summed E-state index contributed by atoms with van der Waals surface area (Å²) in [5.74, 6) is 0. The molecule has 2 atom stereocenters. The smallest absolute Gasteiger partial charge is 0.0545 e. The standard InChI is InChI=1S/C9H14N2S/c10-9(7-3-1-5-11-7)8-4-2-6-12-8/h2,4,6-7,9,11H,1,3,5,10H2. The van der Waals surface area contributed by atoms with E-state index < -0.39 is 0 Å². The van der Waals surface area contributed by atoms with Crippen molar-refractivity contribution in [3.8, 4) is 0 Å². The van der Waals surface area contributed by atoms with Crippen LogP contribution in [0.2, 0.25) is 0 Å². The lowest BCUT2D eigenvalue weighted by Crippen LogP contribution is -2.33. The lowest BCUT2D eigenvalue weighted by atomic mass is 10.1. The van der Waals surface area contributed by atoms with E-state index in [1.54, 1.807) is 11.3 Å². The van der Waals surface area contributed by atoms with Gasteiger partial charge in [0.2, 0.25) is 0 Å². The van der Waals surface area contributed by atoms with Gasteiger partial charge in [-0.3, -0.25) is 0 Å². The predicted octanol–water partition coefficient (Wildman–Crippen LogP) is 1.50. The van der Waals surface area contributed by atoms with Crippen molar-refractivity contribution in [3.63, 3.8) is 0 Å². The van der Waals surface area contributed by atoms with E-state index in [2.05, 4.69) is 22.8 Å². The van der Waals surface area contributed by atoms with Gasteiger partial charge in [0.05, 0.1) is 6.04 Å². The van der Waals surface area contributed by atoms with E-state index in [0.717, 1.165) is 6.54 Å². The van der Waals surface area contributed by atoms with Gasteiger partial charge in [0.1, 0.15) is 0 Å². The fourth-order valence-electron chi connectivity index (χ4n) is 1.70. The zero-order valence-corrected chi connectivity index (χ0v) is 7.81. The third-order valence-electron chi connectivity index (χ3n) is 2.40. The fraction of sp³-hybridized carbons (Fsp3) is 0.556. The first-order valence-corrected chi connectivity index (χ1v) is 5.28. The molecule has 0 saturated carbocycles. The van der Waals surface area contributed by atoms with Crippen molar-refractivity contribution in [2.75, 3.05) is 6.54 Å². The van der Waals surface area contributed by atoms with Gasteiger partial charge in [-0.05, 0) is 30.8 Å². The van der Waals surface area contributed by atoms with Crippen molar-refractivity contribution < 1.29 is 0 Å². The molecule has 1 aromatic rings. The summed E-state index contributed by atoms with van der Waals surface area (Å²) in [6.07, 6.45) is 2.49. The lowest BCUT2D eigenvalue weighted by Gasteiger charge is -2.17. The Morgan fingerprint density at radius 1 is 1.67 bits per heavy atom. The quantitative estimate of drug-likeness (QED) is 0.727. The van der Waals surface area contributed by atoms with Gasteiger partial charge in [-0.1, -0.05) is 6.07 Å². The van der Waals surface area contributed by atoms with Crippen LogP contribution in [0.25, 0.3) is 0 Å². The Morgan fingerprint density at radius 2 is 2.58 bits per heavy atom. The molecule has 1 aliphatic heterocycles. The van der Waals surface area contributed by atoms with Crippen LogP contribution in [0.4, 0.5) is 0 Å². The Hall–Kier alpha value is -0.380. The van der Waals surface area contributed by atoms with Crippen LogP contribution in [0.1, 0.15) is 23.8 Å². The van der Waals surface area contributed by atoms with E-state index in [9.17, 15) is 0 Å². The van der Waals surface area contributed by atoms with E-state index in [-0.39, 0.29) is 6.04 Å². The number of nitrogens with two attached hydrogens (primary N) is 1. The van der Waals surface area contributed by atoms with Crippen LogP contribution in [-0.4, -0.2) is 12.6 Å². The maximum absolute atomic E-state index is 6.09. The normalized spacial score (nSPS) is 25.9. The molecule has 0 radical (unpaired) electrons. The Labute approximate surface area is 76.8 Å². The van der Waals surface area contributed by atoms with Crippen LogP contribution in [-0.2, 0) is 0 Å². The molecule has 1 saturated heterocycles. The predicted molar refractivity (Wildman–Crippen MR) is 52.3 cm³/mol. The van der Waals surface area contributed by atoms with Crippen LogP contribution in [0.15, 0.2) is 17.5 Å². The molecule has 0 spiro atoms. The van der Waals surface area contributed by atoms with Gasteiger partial charge in [0, 0.05) is 10.9 Å². The van der Waals surface area contributed by atoms with Crippen LogP contribution >= 0.6 is 11.3 Å². The maximum Gasteiger partial charge on any atom is 0.0545 e. The zero-order chi connectivity index (χ0) is 8.39. The molecule has 0 amide bonds. The molecule has 1 aromatic heterocycles. The van der Waals surface area contributed by atoms with E-state index in [4.69, 9.17) is 5.73 Å². The third kappa shape index (κ3) is 1.53. The number of rotatable bonds is 2. The third-order valence-corrected chi connectivity index (χ3v) is 3.38. The molecule has 12 heavy (non-hydrogen) atoms. The molecular weight excluding hydrogens is 168 g/mol. The number of thiophene rings is 1. The van der Waals surface area contributed by atoms with Gasteiger partial charge in [-0.2, -0.15) is 0 Å². The van der Waals surface area contributed by atoms with Crippen molar-refractivity contribution >= 4 is 11.3 Å². The van der Waals surface area contributed by atoms with Crippen molar-refractivity contribution in [1.82, 2.24) is 5.32 Å². The molecule has 1 fully saturated rings. The number of nitrogens with one attached hydrogen (secondary N) is 1. The second-order valence-electron chi connectivity index (χ2n) is 3.24. The van der Waals surface area contributed by atoms with E-state index in [1.807, 2.05) is 0 Å². The molecule has 3 N–H and O–H groups in total. The summed E-state index contributed by atoms with van der Waals surface area (Å²) in [5, 5.41) is 5.51. The van der Waals surface area contributed by atoms with E-state index in [0.29, 0.717) is 6.04 Å². The molecule has 2 heterocycles. The van der Waals surface area contributed by atoms with Gasteiger partial charge in [-0.25, -0.2) is 0 Å². The molecule has 0 aliphatic carbocycles. The Balaban J connectivity index is 2.04. The highest BCUT2D eigenvalue weighted by molar-refractivity contribution is 7.10. The van der Waals surface area contributed by atoms with Gasteiger partial charge in [0.15, 0.2) is 0 Å². The minimum atomic E-state index is 0.201. The Bertz CT molecular complexity index is 227. The summed E-state index contributed by atoms with van der Waals surface area (Å²) in [6, 6.07) is 4.89. The Morgan fingerprint density at radius 3 is 3.17 bits per heavy atom. The highest BCUT2D eigenvalue weighted by Gasteiger charge is 2.22. The second kappa shape index (κ2) is 3.56. The van der Waals surface area contributed by atoms with Crippen molar-refractivity contribution in [2.24, 2.45) is 5.73 Å². The summed E-state index contributed by atoms with van der Waals surface area (Å²) >= 11 is 1.75. The second-order valence-corrected chi connectivity index (χ2v) is 4.22. The average molecular weight is 182 g/mol. The molecular formula is C9H14N2S. The fourth-order valence-corrected chi connectivity index (χ4v) is 2.49. The minimum Gasteiger partial charge on any atom is -0.322 e. The number of hydrogen-bond donors (Lipinski definition) is 2. The molecule has 2 rings (SSSR count). The van der Waals surface area contributed by atoms with Crippen LogP contribution in [0.5, 0.6) is 0 Å². The number of hydrogen-bond acceptors (Lipinski definition) is 3. The van der Waals surface area contributed by atoms with E-state index in [1.165, 1.54) is 17.7 Å². The van der Waals surface area contributed by atoms with Gasteiger partial charge in [0.25, 0.3) is 0 Å². The highest BCUT2D eigenvalue weighted by atomic mass is 32.1. The summed E-state index contributed by atoms with van der Waals surface area (Å²) in [4.78, 5) is 1.30. The van der Waals surface area contributed by atoms with Crippen LogP contribution in [0, 0.1) is 0 Å². The summed E-state index contributed by atoms with van der Waals surface area (Å²) < 4.78 is 0. The van der Waals surface area contributed by atoms with Gasteiger partial charge in [-0.15, -0.1) is 11.3 Å². The van der Waals surface area contributed by atoms with Crippen LogP contribution < -0.4 is 11.1 Å². The monoisotopic (exact) mass is 182 g/mol. The molecule has 2 nitrogen and oxygen atoms in total. The average Bonchev–Trinajstić information content (AvgIpc) is 2.77. The summed E-state index contributed by atoms with van der Waals surface area (Å²) in [7, 11) is 0. The topological polar surface area (TPSA) is 38.0 Å². The van der Waals surface area contributed by atoms with Crippen molar-refractivity contribution in [1.29, 1.82) is 0 Å². The largest absolute Gasteiger partial charge is 0.322 e. The van der Waals surface area contributed by atoms with Gasteiger partial charge >= 0.3 is 0 Å². The minimum absolute atomic E-state index is 0.201. The van der Waals surface area contributed by atoms with E-state index >= 15 is 0 Å². The van der Waals surface area contributed by atoms with Crippen molar-refractivity contribution in [3.05, 3.63) is 22.4 Å². The molecule has 0 aromatic carbocycles. The molecule has 3 heteroatoms. The molecule has 66 valence electrons. The SMILES string of the molecule is NC(c1cccs1)C1CCCN1. The first kappa shape index (κ1) is 8.23. The first-order chi connectivity index (χ1) is 5.88. The summed E-state index contributed by atoms with van der Waals surface area (Å²) in [5.41, 5.74) is 6.09. The van der Waals surface area contributed by atoms with Gasteiger partial charge < -0.3 is 11.1 Å². The van der Waals surface area contributed by atoms with Crippen LogP contribution in [0.3, 0.4) is 0 Å². The van der Waals surface area contributed by atoms with Crippen molar-refractivity contribution in [2.45, 2.75) is 24.9 Å². The molecule has 0 bridgehead atoms. The summed E-state index contributed by atoms with van der Waals surface area (Å²) in [6.45, 7) is 1.13. The highest BCUT2D eigenvalue weighted by Crippen LogP contribution is 2.23.